The smallest absolute Gasteiger partial charge is 0.250 e. The second-order valence-corrected chi connectivity index (χ2v) is 8.12. The van der Waals surface area contributed by atoms with Gasteiger partial charge >= 0.3 is 0 Å². The lowest BCUT2D eigenvalue weighted by atomic mass is 10.1. The van der Waals surface area contributed by atoms with Gasteiger partial charge in [-0.15, -0.1) is 4.72 Å². The van der Waals surface area contributed by atoms with Crippen LogP contribution in [0, 0.1) is 11.3 Å². The van der Waals surface area contributed by atoms with Crippen LogP contribution in [0.2, 0.25) is 0 Å². The Balaban J connectivity index is 2.22. The first-order valence-electron chi connectivity index (χ1n) is 9.87. The maximum absolute atomic E-state index is 12.2. The Kier molecular flexibility index (Phi) is 9.45. The normalized spacial score (nSPS) is 13.9. The number of aliphatic hydroxyl groups is 2. The number of nitriles is 1. The van der Waals surface area contributed by atoms with Gasteiger partial charge in [0.25, 0.3) is 4.91 Å². The molecule has 0 bridgehead atoms. The van der Waals surface area contributed by atoms with Crippen LogP contribution >= 0.6 is 0 Å². The standard InChI is InChI=1S/C22H29N3O3S/c1-3-9-25(10-4-2)20-8-7-18-11-17(5-6-19(18)13-20)12-22(14-23)29(28)24-15-21(27)16-26/h5-8,11-13,21,24,26-27H,3-4,9-10,15-16H2,1-2H3/b22-12+. The Morgan fingerprint density at radius 1 is 1.21 bits per heavy atom. The predicted molar refractivity (Wildman–Crippen MR) is 120 cm³/mol. The third kappa shape index (κ3) is 6.74. The lowest BCUT2D eigenvalue weighted by molar-refractivity contribution is 0.0989. The van der Waals surface area contributed by atoms with Crippen LogP contribution in [0.1, 0.15) is 32.3 Å². The fourth-order valence-electron chi connectivity index (χ4n) is 3.04. The van der Waals surface area contributed by atoms with Gasteiger partial charge in [0.1, 0.15) is 0 Å². The monoisotopic (exact) mass is 415 g/mol. The Hall–Kier alpha value is -2.08. The highest BCUT2D eigenvalue weighted by atomic mass is 32.2. The van der Waals surface area contributed by atoms with Crippen molar-refractivity contribution >= 4 is 33.9 Å². The maximum Gasteiger partial charge on any atom is 0.250 e. The van der Waals surface area contributed by atoms with Crippen molar-refractivity contribution in [3.8, 4) is 6.07 Å². The number of nitrogens with zero attached hydrogens (tertiary/aromatic N) is 2. The summed E-state index contributed by atoms with van der Waals surface area (Å²) < 4.78 is 14.8. The average molecular weight is 416 g/mol. The van der Waals surface area contributed by atoms with E-state index in [-0.39, 0.29) is 11.4 Å². The fraction of sp³-hybridized carbons (Fsp3) is 0.409. The minimum Gasteiger partial charge on any atom is -0.592 e. The molecular weight excluding hydrogens is 386 g/mol. The van der Waals surface area contributed by atoms with Crippen LogP contribution in [0.25, 0.3) is 16.8 Å². The molecule has 0 amide bonds. The molecule has 6 nitrogen and oxygen atoms in total. The zero-order valence-corrected chi connectivity index (χ0v) is 17.8. The van der Waals surface area contributed by atoms with E-state index in [4.69, 9.17) is 5.11 Å². The molecule has 0 aliphatic carbocycles. The summed E-state index contributed by atoms with van der Waals surface area (Å²) in [6.45, 7) is 5.91. The maximum atomic E-state index is 12.2. The molecule has 7 heteroatoms. The molecule has 0 spiro atoms. The van der Waals surface area contributed by atoms with Crippen molar-refractivity contribution in [3.63, 3.8) is 0 Å². The van der Waals surface area contributed by atoms with Crippen LogP contribution in [0.4, 0.5) is 5.69 Å². The van der Waals surface area contributed by atoms with Gasteiger partial charge in [0.2, 0.25) is 0 Å². The van der Waals surface area contributed by atoms with Crippen LogP contribution in [0.5, 0.6) is 0 Å². The lowest BCUT2D eigenvalue weighted by Gasteiger charge is -2.24. The summed E-state index contributed by atoms with van der Waals surface area (Å²) in [5.74, 6) is 0. The second kappa shape index (κ2) is 11.8. The molecule has 2 atom stereocenters. The van der Waals surface area contributed by atoms with Crippen LogP contribution < -0.4 is 9.62 Å². The van der Waals surface area contributed by atoms with E-state index in [0.29, 0.717) is 0 Å². The van der Waals surface area contributed by atoms with E-state index in [0.717, 1.165) is 42.3 Å². The molecule has 2 aromatic carbocycles. The number of fused-ring (bicyclic) bond motifs is 1. The zero-order valence-electron chi connectivity index (χ0n) is 17.0. The van der Waals surface area contributed by atoms with Gasteiger partial charge in [-0.3, -0.25) is 0 Å². The van der Waals surface area contributed by atoms with Gasteiger partial charge in [-0.1, -0.05) is 32.0 Å². The highest BCUT2D eigenvalue weighted by Crippen LogP contribution is 2.25. The molecule has 0 radical (unpaired) electrons. The van der Waals surface area contributed by atoms with Gasteiger partial charge in [0, 0.05) is 24.9 Å². The molecule has 0 aromatic heterocycles. The number of rotatable bonds is 11. The SMILES string of the molecule is CCCN(CCC)c1ccc2cc(/C=C(\C#N)[S+]([O-])NCC(O)CO)ccc2c1. The average Bonchev–Trinajstić information content (AvgIpc) is 2.74. The van der Waals surface area contributed by atoms with Gasteiger partial charge in [-0.2, -0.15) is 5.26 Å². The minimum absolute atomic E-state index is 0.0585. The molecule has 0 saturated carbocycles. The molecule has 2 rings (SSSR count). The van der Waals surface area contributed by atoms with E-state index in [1.165, 1.54) is 5.69 Å². The molecule has 0 aliphatic rings. The van der Waals surface area contributed by atoms with Crippen molar-refractivity contribution < 1.29 is 14.8 Å². The zero-order chi connectivity index (χ0) is 21.2. The van der Waals surface area contributed by atoms with Crippen molar-refractivity contribution in [3.05, 3.63) is 46.9 Å². The summed E-state index contributed by atoms with van der Waals surface area (Å²) in [4.78, 5) is 2.44. The summed E-state index contributed by atoms with van der Waals surface area (Å²) >= 11 is -1.76. The highest BCUT2D eigenvalue weighted by molar-refractivity contribution is 7.93. The Morgan fingerprint density at radius 3 is 2.48 bits per heavy atom. The minimum atomic E-state index is -1.76. The van der Waals surface area contributed by atoms with Crippen LogP contribution in [0.3, 0.4) is 0 Å². The summed E-state index contributed by atoms with van der Waals surface area (Å²) in [7, 11) is 0. The van der Waals surface area contributed by atoms with Gasteiger partial charge in [0.15, 0.2) is 6.07 Å². The van der Waals surface area contributed by atoms with E-state index < -0.39 is 24.1 Å². The van der Waals surface area contributed by atoms with Crippen molar-refractivity contribution in [2.24, 2.45) is 0 Å². The Morgan fingerprint density at radius 2 is 1.86 bits per heavy atom. The number of hydrogen-bond acceptors (Lipinski definition) is 6. The second-order valence-electron chi connectivity index (χ2n) is 6.85. The molecule has 3 N–H and O–H groups in total. The van der Waals surface area contributed by atoms with Gasteiger partial charge in [-0.05, 0) is 47.4 Å². The van der Waals surface area contributed by atoms with Crippen LogP contribution in [-0.4, -0.2) is 47.1 Å². The molecule has 156 valence electrons. The number of allylic oxidation sites excluding steroid dienone is 1. The summed E-state index contributed by atoms with van der Waals surface area (Å²) in [5.41, 5.74) is 1.98. The molecule has 0 heterocycles. The van der Waals surface area contributed by atoms with E-state index in [1.54, 1.807) is 6.08 Å². The molecule has 0 saturated heterocycles. The third-order valence-corrected chi connectivity index (χ3v) is 5.51. The number of hydrogen-bond donors (Lipinski definition) is 3. The first kappa shape index (κ1) is 23.2. The fourth-order valence-corrected chi connectivity index (χ4v) is 3.87. The van der Waals surface area contributed by atoms with E-state index >= 15 is 0 Å². The topological polar surface area (TPSA) is 103 Å². The molecule has 0 fully saturated rings. The van der Waals surface area contributed by atoms with E-state index in [9.17, 15) is 14.9 Å². The van der Waals surface area contributed by atoms with Gasteiger partial charge in [-0.25, -0.2) is 0 Å². The number of aliphatic hydroxyl groups excluding tert-OH is 2. The predicted octanol–water partition coefficient (Wildman–Crippen LogP) is 2.94. The summed E-state index contributed by atoms with van der Waals surface area (Å²) in [6.07, 6.45) is 2.74. The number of benzene rings is 2. The molecular formula is C22H29N3O3S. The first-order chi connectivity index (χ1) is 14.0. The molecule has 29 heavy (non-hydrogen) atoms. The van der Waals surface area contributed by atoms with Gasteiger partial charge in [0.05, 0.1) is 30.6 Å². The quantitative estimate of drug-likeness (QED) is 0.385. The van der Waals surface area contributed by atoms with Crippen molar-refractivity contribution in [1.82, 2.24) is 4.72 Å². The van der Waals surface area contributed by atoms with Crippen molar-refractivity contribution in [1.29, 1.82) is 5.26 Å². The van der Waals surface area contributed by atoms with Crippen LogP contribution in [0.15, 0.2) is 41.3 Å². The van der Waals surface area contributed by atoms with E-state index in [2.05, 4.69) is 41.7 Å². The number of nitrogens with one attached hydrogen (secondary N) is 1. The highest BCUT2D eigenvalue weighted by Gasteiger charge is 2.17. The molecule has 2 aromatic rings. The largest absolute Gasteiger partial charge is 0.592 e. The summed E-state index contributed by atoms with van der Waals surface area (Å²) in [6, 6.07) is 14.2. The first-order valence-corrected chi connectivity index (χ1v) is 11.0. The number of anilines is 1. The van der Waals surface area contributed by atoms with Crippen LogP contribution in [-0.2, 0) is 11.4 Å². The summed E-state index contributed by atoms with van der Waals surface area (Å²) in [5, 5.41) is 29.6. The Labute approximate surface area is 175 Å². The lowest BCUT2D eigenvalue weighted by Crippen LogP contribution is -2.34. The van der Waals surface area contributed by atoms with Gasteiger partial charge < -0.3 is 19.7 Å². The molecule has 0 aliphatic heterocycles. The third-order valence-electron chi connectivity index (χ3n) is 4.47. The molecule has 2 unspecified atom stereocenters. The Bertz CT molecular complexity index is 860. The van der Waals surface area contributed by atoms with E-state index in [1.807, 2.05) is 24.3 Å². The van der Waals surface area contributed by atoms with Crippen molar-refractivity contribution in [2.75, 3.05) is 31.1 Å². The van der Waals surface area contributed by atoms with Crippen molar-refractivity contribution in [2.45, 2.75) is 32.8 Å².